The van der Waals surface area contributed by atoms with Gasteiger partial charge in [0.15, 0.2) is 0 Å². The molecule has 2 aliphatic rings. The first-order valence-electron chi connectivity index (χ1n) is 7.08. The molecule has 1 aliphatic carbocycles. The second-order valence-corrected chi connectivity index (χ2v) is 5.67. The molecular weight excluding hydrogens is 238 g/mol. The van der Waals surface area contributed by atoms with Crippen LogP contribution in [0.3, 0.4) is 0 Å². The number of hydrogen-bond acceptors (Lipinski definition) is 3. The lowest BCUT2D eigenvalue weighted by Crippen LogP contribution is -2.38. The zero-order chi connectivity index (χ0) is 13.2. The first kappa shape index (κ1) is 12.6. The Balaban J connectivity index is 1.59. The van der Waals surface area contributed by atoms with Crippen LogP contribution in [0.4, 0.5) is 5.69 Å². The van der Waals surface area contributed by atoms with Gasteiger partial charge in [0, 0.05) is 24.8 Å². The smallest absolute Gasteiger partial charge is 0.238 e. The van der Waals surface area contributed by atoms with Gasteiger partial charge < -0.3 is 11.1 Å². The van der Waals surface area contributed by atoms with Crippen LogP contribution in [-0.4, -0.2) is 29.9 Å². The number of carbonyl (C=O) groups excluding carboxylic acids is 1. The van der Waals surface area contributed by atoms with Gasteiger partial charge in [-0.3, -0.25) is 9.69 Å². The Morgan fingerprint density at radius 1 is 1.37 bits per heavy atom. The summed E-state index contributed by atoms with van der Waals surface area (Å²) in [5.74, 6) is 0.905. The topological polar surface area (TPSA) is 58.4 Å². The third-order valence-electron chi connectivity index (χ3n) is 4.38. The minimum Gasteiger partial charge on any atom is -0.326 e. The van der Waals surface area contributed by atoms with Crippen molar-refractivity contribution in [3.8, 4) is 0 Å². The number of benzene rings is 1. The molecule has 2 atom stereocenters. The van der Waals surface area contributed by atoms with Gasteiger partial charge in [-0.1, -0.05) is 18.2 Å². The number of nitrogens with one attached hydrogen (secondary N) is 1. The summed E-state index contributed by atoms with van der Waals surface area (Å²) in [6, 6.07) is 8.37. The molecule has 4 nitrogen and oxygen atoms in total. The molecule has 0 spiro atoms. The van der Waals surface area contributed by atoms with E-state index in [9.17, 15) is 4.79 Å². The highest BCUT2D eigenvalue weighted by molar-refractivity contribution is 5.93. The van der Waals surface area contributed by atoms with Crippen molar-refractivity contribution < 1.29 is 4.79 Å². The predicted molar refractivity (Wildman–Crippen MR) is 75.7 cm³/mol. The van der Waals surface area contributed by atoms with Crippen LogP contribution < -0.4 is 11.1 Å². The number of rotatable bonds is 4. The molecule has 1 aromatic rings. The van der Waals surface area contributed by atoms with Crippen molar-refractivity contribution in [3.05, 3.63) is 29.8 Å². The summed E-state index contributed by atoms with van der Waals surface area (Å²) in [6.45, 7) is 2.06. The highest BCUT2D eigenvalue weighted by Gasteiger charge is 2.38. The minimum absolute atomic E-state index is 0.0773. The van der Waals surface area contributed by atoms with E-state index in [4.69, 9.17) is 5.73 Å². The molecule has 1 saturated carbocycles. The molecule has 0 aromatic heterocycles. The van der Waals surface area contributed by atoms with Gasteiger partial charge in [-0.25, -0.2) is 0 Å². The normalized spacial score (nSPS) is 25.7. The van der Waals surface area contributed by atoms with Gasteiger partial charge in [0.1, 0.15) is 0 Å². The molecule has 1 heterocycles. The maximum atomic E-state index is 12.1. The lowest BCUT2D eigenvalue weighted by atomic mass is 10.1. The summed E-state index contributed by atoms with van der Waals surface area (Å²) in [6.07, 6.45) is 3.89. The Hall–Kier alpha value is -1.39. The summed E-state index contributed by atoms with van der Waals surface area (Å²) < 4.78 is 0. The molecular formula is C15H21N3O. The van der Waals surface area contributed by atoms with E-state index in [0.29, 0.717) is 19.1 Å². The van der Waals surface area contributed by atoms with Crippen molar-refractivity contribution >= 4 is 11.6 Å². The summed E-state index contributed by atoms with van der Waals surface area (Å²) in [5, 5.41) is 2.99. The van der Waals surface area contributed by atoms with Gasteiger partial charge in [0.05, 0.1) is 6.54 Å². The molecule has 19 heavy (non-hydrogen) atoms. The summed E-state index contributed by atoms with van der Waals surface area (Å²) in [4.78, 5) is 14.4. The number of piperidine rings is 1. The molecule has 2 unspecified atom stereocenters. The van der Waals surface area contributed by atoms with E-state index in [1.807, 2.05) is 24.3 Å². The summed E-state index contributed by atoms with van der Waals surface area (Å²) in [7, 11) is 0. The third kappa shape index (κ3) is 2.65. The fourth-order valence-electron chi connectivity index (χ4n) is 3.41. The Morgan fingerprint density at radius 3 is 2.89 bits per heavy atom. The van der Waals surface area contributed by atoms with Crippen molar-refractivity contribution in [2.75, 3.05) is 18.4 Å². The van der Waals surface area contributed by atoms with Crippen LogP contribution in [0.25, 0.3) is 0 Å². The van der Waals surface area contributed by atoms with Gasteiger partial charge >= 0.3 is 0 Å². The average molecular weight is 259 g/mol. The lowest BCUT2D eigenvalue weighted by molar-refractivity contribution is -0.117. The van der Waals surface area contributed by atoms with Crippen LogP contribution in [0.1, 0.15) is 24.8 Å². The van der Waals surface area contributed by atoms with Gasteiger partial charge in [0.2, 0.25) is 5.91 Å². The van der Waals surface area contributed by atoms with Crippen LogP contribution in [0.15, 0.2) is 24.3 Å². The Kier molecular flexibility index (Phi) is 3.53. The second-order valence-electron chi connectivity index (χ2n) is 5.67. The summed E-state index contributed by atoms with van der Waals surface area (Å²) in [5.41, 5.74) is 7.51. The molecule has 1 aromatic carbocycles. The van der Waals surface area contributed by atoms with Crippen molar-refractivity contribution in [3.63, 3.8) is 0 Å². The highest BCUT2D eigenvalue weighted by Crippen LogP contribution is 2.36. The largest absolute Gasteiger partial charge is 0.326 e. The van der Waals surface area contributed by atoms with Crippen LogP contribution >= 0.6 is 0 Å². The maximum Gasteiger partial charge on any atom is 0.238 e. The Morgan fingerprint density at radius 2 is 2.21 bits per heavy atom. The number of nitrogens with zero attached hydrogens (tertiary/aromatic N) is 1. The zero-order valence-corrected chi connectivity index (χ0v) is 11.1. The van der Waals surface area contributed by atoms with Crippen molar-refractivity contribution in [2.24, 2.45) is 11.7 Å². The average Bonchev–Trinajstić information content (AvgIpc) is 3.01. The molecule has 1 amide bonds. The van der Waals surface area contributed by atoms with E-state index < -0.39 is 0 Å². The summed E-state index contributed by atoms with van der Waals surface area (Å²) >= 11 is 0. The maximum absolute atomic E-state index is 12.1. The number of carbonyl (C=O) groups is 1. The standard InChI is InChI=1S/C15H21N3O/c16-8-12-3-1-2-4-14(12)17-15(19)10-18-9-11-5-6-13(18)7-11/h1-4,11,13H,5-10,16H2,(H,17,19). The molecule has 2 fully saturated rings. The number of fused-ring (bicyclic) bond motifs is 2. The van der Waals surface area contributed by atoms with E-state index in [-0.39, 0.29) is 5.91 Å². The zero-order valence-electron chi connectivity index (χ0n) is 11.1. The monoisotopic (exact) mass is 259 g/mol. The number of anilines is 1. The number of amides is 1. The van der Waals surface area contributed by atoms with Gasteiger partial charge in [-0.15, -0.1) is 0 Å². The number of nitrogens with two attached hydrogens (primary N) is 1. The number of likely N-dealkylation sites (tertiary alicyclic amines) is 1. The van der Waals surface area contributed by atoms with Crippen molar-refractivity contribution in [2.45, 2.75) is 31.8 Å². The molecule has 3 N–H and O–H groups in total. The van der Waals surface area contributed by atoms with E-state index in [0.717, 1.165) is 23.7 Å². The molecule has 102 valence electrons. The Bertz CT molecular complexity index is 474. The molecule has 2 bridgehead atoms. The predicted octanol–water partition coefficient (Wildman–Crippen LogP) is 1.57. The fourth-order valence-corrected chi connectivity index (χ4v) is 3.41. The van der Waals surface area contributed by atoms with E-state index in [1.54, 1.807) is 0 Å². The van der Waals surface area contributed by atoms with Crippen LogP contribution in [0.2, 0.25) is 0 Å². The lowest BCUT2D eigenvalue weighted by Gasteiger charge is -2.26. The fraction of sp³-hybridized carbons (Fsp3) is 0.533. The van der Waals surface area contributed by atoms with Gasteiger partial charge in [-0.05, 0) is 36.8 Å². The SMILES string of the molecule is NCc1ccccc1NC(=O)CN1CC2CCC1C2. The Labute approximate surface area is 114 Å². The quantitative estimate of drug-likeness (QED) is 0.863. The number of para-hydroxylation sites is 1. The van der Waals surface area contributed by atoms with E-state index in [2.05, 4.69) is 10.2 Å². The third-order valence-corrected chi connectivity index (χ3v) is 4.38. The second kappa shape index (κ2) is 5.31. The molecule has 4 heteroatoms. The first-order valence-corrected chi connectivity index (χ1v) is 7.08. The van der Waals surface area contributed by atoms with Crippen LogP contribution in [0.5, 0.6) is 0 Å². The minimum atomic E-state index is 0.0773. The van der Waals surface area contributed by atoms with Crippen molar-refractivity contribution in [1.29, 1.82) is 0 Å². The highest BCUT2D eigenvalue weighted by atomic mass is 16.2. The molecule has 1 aliphatic heterocycles. The van der Waals surface area contributed by atoms with E-state index in [1.165, 1.54) is 19.3 Å². The molecule has 3 rings (SSSR count). The number of hydrogen-bond donors (Lipinski definition) is 2. The van der Waals surface area contributed by atoms with Crippen molar-refractivity contribution in [1.82, 2.24) is 4.90 Å². The molecule has 0 radical (unpaired) electrons. The van der Waals surface area contributed by atoms with Crippen LogP contribution in [-0.2, 0) is 11.3 Å². The van der Waals surface area contributed by atoms with Crippen LogP contribution in [0, 0.1) is 5.92 Å². The van der Waals surface area contributed by atoms with Gasteiger partial charge in [-0.2, -0.15) is 0 Å². The first-order chi connectivity index (χ1) is 9.26. The van der Waals surface area contributed by atoms with E-state index >= 15 is 0 Å². The molecule has 1 saturated heterocycles. The van der Waals surface area contributed by atoms with Gasteiger partial charge in [0.25, 0.3) is 0 Å².